The normalized spacial score (nSPS) is 12.0. The molecule has 0 amide bonds. The predicted octanol–water partition coefficient (Wildman–Crippen LogP) is 3.41. The maximum atomic E-state index is 6.27. The minimum Gasteiger partial charge on any atom is -0.495 e. The lowest BCUT2D eigenvalue weighted by molar-refractivity contribution is 0.390. The summed E-state index contributed by atoms with van der Waals surface area (Å²) < 4.78 is 10.5. The second kappa shape index (κ2) is 5.95. The van der Waals surface area contributed by atoms with Crippen LogP contribution in [-0.2, 0) is 0 Å². The summed E-state index contributed by atoms with van der Waals surface area (Å²) in [6, 6.07) is 13.2. The summed E-state index contributed by atoms with van der Waals surface area (Å²) in [6.45, 7) is 0. The molecule has 19 heavy (non-hydrogen) atoms. The number of benzene rings is 2. The summed E-state index contributed by atoms with van der Waals surface area (Å²) in [7, 11) is 3.14. The van der Waals surface area contributed by atoms with Crippen LogP contribution in [0.1, 0.15) is 17.2 Å². The summed E-state index contributed by atoms with van der Waals surface area (Å²) in [5, 5.41) is 0.439. The average Bonchev–Trinajstić information content (AvgIpc) is 2.47. The standard InChI is InChI=1S/C15H16ClNO2/c1-18-12-9-8-11(15(19-2)13(12)16)14(17)10-6-4-3-5-7-10/h3-9,14H,17H2,1-2H3. The van der Waals surface area contributed by atoms with Gasteiger partial charge in [-0.3, -0.25) is 0 Å². The molecule has 100 valence electrons. The SMILES string of the molecule is COc1ccc(C(N)c2ccccc2)c(OC)c1Cl. The highest BCUT2D eigenvalue weighted by atomic mass is 35.5. The van der Waals surface area contributed by atoms with Gasteiger partial charge in [-0.2, -0.15) is 0 Å². The molecule has 2 aromatic rings. The van der Waals surface area contributed by atoms with Gasteiger partial charge in [-0.25, -0.2) is 0 Å². The molecule has 3 nitrogen and oxygen atoms in total. The Bertz CT molecular complexity index is 558. The molecule has 2 aromatic carbocycles. The molecule has 0 saturated heterocycles. The summed E-state index contributed by atoms with van der Waals surface area (Å²) >= 11 is 6.24. The maximum Gasteiger partial charge on any atom is 0.146 e. The van der Waals surface area contributed by atoms with Gasteiger partial charge in [0.05, 0.1) is 20.3 Å². The molecule has 0 aliphatic heterocycles. The van der Waals surface area contributed by atoms with Crippen LogP contribution < -0.4 is 15.2 Å². The molecule has 1 unspecified atom stereocenters. The van der Waals surface area contributed by atoms with Crippen molar-refractivity contribution in [3.63, 3.8) is 0 Å². The average molecular weight is 278 g/mol. The topological polar surface area (TPSA) is 44.5 Å². The first kappa shape index (κ1) is 13.7. The Kier molecular flexibility index (Phi) is 4.30. The zero-order valence-electron chi connectivity index (χ0n) is 10.9. The Labute approximate surface area is 117 Å². The zero-order chi connectivity index (χ0) is 13.8. The van der Waals surface area contributed by atoms with E-state index in [-0.39, 0.29) is 6.04 Å². The van der Waals surface area contributed by atoms with Gasteiger partial charge in [0.1, 0.15) is 16.5 Å². The van der Waals surface area contributed by atoms with E-state index in [4.69, 9.17) is 26.8 Å². The van der Waals surface area contributed by atoms with E-state index in [2.05, 4.69) is 0 Å². The third-order valence-electron chi connectivity index (χ3n) is 3.01. The molecule has 0 aliphatic rings. The van der Waals surface area contributed by atoms with Gasteiger partial charge in [-0.1, -0.05) is 41.9 Å². The van der Waals surface area contributed by atoms with Crippen LogP contribution >= 0.6 is 11.6 Å². The predicted molar refractivity (Wildman–Crippen MR) is 77.0 cm³/mol. The van der Waals surface area contributed by atoms with Crippen LogP contribution in [0.3, 0.4) is 0 Å². The quantitative estimate of drug-likeness (QED) is 0.931. The smallest absolute Gasteiger partial charge is 0.146 e. The van der Waals surface area contributed by atoms with Gasteiger partial charge in [0.15, 0.2) is 0 Å². The molecule has 0 bridgehead atoms. The lowest BCUT2D eigenvalue weighted by Gasteiger charge is -2.18. The van der Waals surface area contributed by atoms with Crippen molar-refractivity contribution in [2.75, 3.05) is 14.2 Å². The first-order chi connectivity index (χ1) is 9.19. The Hall–Kier alpha value is -1.71. The van der Waals surface area contributed by atoms with Crippen molar-refractivity contribution < 1.29 is 9.47 Å². The number of nitrogens with two attached hydrogens (primary N) is 1. The highest BCUT2D eigenvalue weighted by molar-refractivity contribution is 6.33. The van der Waals surface area contributed by atoms with E-state index in [1.165, 1.54) is 0 Å². The third-order valence-corrected chi connectivity index (χ3v) is 3.37. The second-order valence-electron chi connectivity index (χ2n) is 4.09. The Balaban J connectivity index is 2.48. The van der Waals surface area contributed by atoms with Crippen LogP contribution in [0.5, 0.6) is 11.5 Å². The van der Waals surface area contributed by atoms with E-state index in [0.29, 0.717) is 16.5 Å². The van der Waals surface area contributed by atoms with E-state index in [1.54, 1.807) is 20.3 Å². The van der Waals surface area contributed by atoms with Crippen LogP contribution in [0, 0.1) is 0 Å². The molecule has 0 radical (unpaired) electrons. The highest BCUT2D eigenvalue weighted by Gasteiger charge is 2.19. The van der Waals surface area contributed by atoms with Gasteiger partial charge in [-0.15, -0.1) is 0 Å². The van der Waals surface area contributed by atoms with E-state index in [9.17, 15) is 0 Å². The van der Waals surface area contributed by atoms with Gasteiger partial charge in [-0.05, 0) is 17.7 Å². The third kappa shape index (κ3) is 2.67. The van der Waals surface area contributed by atoms with Crippen LogP contribution in [0.15, 0.2) is 42.5 Å². The second-order valence-corrected chi connectivity index (χ2v) is 4.47. The lowest BCUT2D eigenvalue weighted by Crippen LogP contribution is -2.13. The maximum absolute atomic E-state index is 6.27. The van der Waals surface area contributed by atoms with Crippen molar-refractivity contribution >= 4 is 11.6 Å². The summed E-state index contributed by atoms with van der Waals surface area (Å²) in [6.07, 6.45) is 0. The number of hydrogen-bond donors (Lipinski definition) is 1. The highest BCUT2D eigenvalue weighted by Crippen LogP contribution is 2.40. The molecule has 0 aromatic heterocycles. The van der Waals surface area contributed by atoms with E-state index >= 15 is 0 Å². The van der Waals surface area contributed by atoms with E-state index < -0.39 is 0 Å². The van der Waals surface area contributed by atoms with Gasteiger partial charge in [0.25, 0.3) is 0 Å². The molecular weight excluding hydrogens is 262 g/mol. The summed E-state index contributed by atoms with van der Waals surface area (Å²) in [4.78, 5) is 0. The van der Waals surface area contributed by atoms with Crippen LogP contribution in [0.2, 0.25) is 5.02 Å². The van der Waals surface area contributed by atoms with E-state index in [0.717, 1.165) is 11.1 Å². The zero-order valence-corrected chi connectivity index (χ0v) is 11.6. The van der Waals surface area contributed by atoms with Gasteiger partial charge in [0.2, 0.25) is 0 Å². The van der Waals surface area contributed by atoms with Crippen LogP contribution in [-0.4, -0.2) is 14.2 Å². The summed E-state index contributed by atoms with van der Waals surface area (Å²) in [5.41, 5.74) is 8.11. The Morgan fingerprint density at radius 3 is 2.26 bits per heavy atom. The van der Waals surface area contributed by atoms with Crippen LogP contribution in [0.25, 0.3) is 0 Å². The van der Waals surface area contributed by atoms with Crippen molar-refractivity contribution in [1.82, 2.24) is 0 Å². The molecule has 2 rings (SSSR count). The van der Waals surface area contributed by atoms with Crippen molar-refractivity contribution in [3.8, 4) is 11.5 Å². The summed E-state index contributed by atoms with van der Waals surface area (Å²) in [5.74, 6) is 1.12. The molecule has 1 atom stereocenters. The van der Waals surface area contributed by atoms with Gasteiger partial charge >= 0.3 is 0 Å². The number of hydrogen-bond acceptors (Lipinski definition) is 3. The van der Waals surface area contributed by atoms with Gasteiger partial charge < -0.3 is 15.2 Å². The van der Waals surface area contributed by atoms with Gasteiger partial charge in [0, 0.05) is 5.56 Å². The monoisotopic (exact) mass is 277 g/mol. The Morgan fingerprint density at radius 1 is 1.00 bits per heavy atom. The first-order valence-electron chi connectivity index (χ1n) is 5.90. The van der Waals surface area contributed by atoms with Crippen molar-refractivity contribution in [1.29, 1.82) is 0 Å². The molecule has 0 spiro atoms. The first-order valence-corrected chi connectivity index (χ1v) is 6.27. The number of halogens is 1. The molecule has 0 fully saturated rings. The lowest BCUT2D eigenvalue weighted by atomic mass is 9.98. The number of rotatable bonds is 4. The number of ether oxygens (including phenoxy) is 2. The largest absolute Gasteiger partial charge is 0.495 e. The van der Waals surface area contributed by atoms with Crippen molar-refractivity contribution in [2.24, 2.45) is 5.73 Å². The van der Waals surface area contributed by atoms with Crippen molar-refractivity contribution in [2.45, 2.75) is 6.04 Å². The molecule has 2 N–H and O–H groups in total. The van der Waals surface area contributed by atoms with Crippen LogP contribution in [0.4, 0.5) is 0 Å². The molecular formula is C15H16ClNO2. The minimum absolute atomic E-state index is 0.292. The number of methoxy groups -OCH3 is 2. The fraction of sp³-hybridized carbons (Fsp3) is 0.200. The van der Waals surface area contributed by atoms with E-state index in [1.807, 2.05) is 36.4 Å². The fourth-order valence-electron chi connectivity index (χ4n) is 2.00. The molecule has 0 heterocycles. The fourth-order valence-corrected chi connectivity index (χ4v) is 2.33. The molecule has 0 saturated carbocycles. The Morgan fingerprint density at radius 2 is 1.68 bits per heavy atom. The molecule has 0 aliphatic carbocycles. The van der Waals surface area contributed by atoms with Crippen molar-refractivity contribution in [3.05, 3.63) is 58.6 Å². The molecule has 4 heteroatoms. The minimum atomic E-state index is -0.292.